The first-order chi connectivity index (χ1) is 8.31. The van der Waals surface area contributed by atoms with Gasteiger partial charge in [-0.25, -0.2) is 4.79 Å². The van der Waals surface area contributed by atoms with Gasteiger partial charge in [0.15, 0.2) is 0 Å². The van der Waals surface area contributed by atoms with E-state index in [-0.39, 0.29) is 28.7 Å². The van der Waals surface area contributed by atoms with Crippen LogP contribution in [0.5, 0.6) is 5.75 Å². The summed E-state index contributed by atoms with van der Waals surface area (Å²) >= 11 is 0. The maximum absolute atomic E-state index is 11.1. The summed E-state index contributed by atoms with van der Waals surface area (Å²) in [6, 6.07) is 3.52. The Morgan fingerprint density at radius 2 is 1.63 bits per heavy atom. The van der Waals surface area contributed by atoms with Crippen molar-refractivity contribution in [2.75, 3.05) is 0 Å². The van der Waals surface area contributed by atoms with Gasteiger partial charge in [-0.15, -0.1) is 0 Å². The van der Waals surface area contributed by atoms with E-state index in [2.05, 4.69) is 27.7 Å². The Morgan fingerprint density at radius 1 is 1.11 bits per heavy atom. The number of hydrogen-bond donors (Lipinski definition) is 2. The van der Waals surface area contributed by atoms with Crippen molar-refractivity contribution in [1.29, 1.82) is 0 Å². The van der Waals surface area contributed by atoms with Crippen LogP contribution < -0.4 is 0 Å². The van der Waals surface area contributed by atoms with Gasteiger partial charge in [-0.3, -0.25) is 0 Å². The smallest absolute Gasteiger partial charge is 0.339 e. The van der Waals surface area contributed by atoms with Crippen molar-refractivity contribution in [2.45, 2.75) is 40.5 Å². The molecule has 0 bridgehead atoms. The number of hydrogen-bond acceptors (Lipinski definition) is 2. The number of carbonyl (C=O) groups is 1. The molecular weight excluding hydrogens is 280 g/mol. The number of rotatable bonds is 5. The minimum absolute atomic E-state index is 0. The van der Waals surface area contributed by atoms with Crippen molar-refractivity contribution in [3.63, 3.8) is 0 Å². The standard InChI is InChI=1S/C15H22O3.Cr/c1-9(2)5-11-7-12(6-10(3)4)14(16)13(8-11)15(17)18;/h7-10,16H,5-6H2,1-4H3,(H,17,18);. The summed E-state index contributed by atoms with van der Waals surface area (Å²) in [5.41, 5.74) is 1.74. The summed E-state index contributed by atoms with van der Waals surface area (Å²) in [6.45, 7) is 8.29. The minimum atomic E-state index is -1.07. The van der Waals surface area contributed by atoms with Crippen molar-refractivity contribution >= 4 is 5.97 Å². The number of benzene rings is 1. The molecule has 0 radical (unpaired) electrons. The Labute approximate surface area is 125 Å². The predicted octanol–water partition coefficient (Wildman–Crippen LogP) is 3.48. The van der Waals surface area contributed by atoms with Gasteiger partial charge in [0.1, 0.15) is 11.3 Å². The van der Waals surface area contributed by atoms with Crippen molar-refractivity contribution in [3.05, 3.63) is 28.8 Å². The van der Waals surface area contributed by atoms with Crippen LogP contribution in [0.15, 0.2) is 12.1 Å². The fourth-order valence-electron chi connectivity index (χ4n) is 2.11. The van der Waals surface area contributed by atoms with E-state index >= 15 is 0 Å². The normalized spacial score (nSPS) is 10.6. The second-order valence-corrected chi connectivity index (χ2v) is 5.65. The summed E-state index contributed by atoms with van der Waals surface area (Å²) in [5, 5.41) is 19.1. The third-order valence-corrected chi connectivity index (χ3v) is 2.75. The first kappa shape index (κ1) is 18.0. The number of aromatic carboxylic acids is 1. The quantitative estimate of drug-likeness (QED) is 0.875. The molecule has 19 heavy (non-hydrogen) atoms. The van der Waals surface area contributed by atoms with Crippen molar-refractivity contribution in [3.8, 4) is 5.75 Å². The van der Waals surface area contributed by atoms with Crippen LogP contribution in [0.4, 0.5) is 0 Å². The second kappa shape index (κ2) is 7.57. The van der Waals surface area contributed by atoms with Crippen LogP contribution >= 0.6 is 0 Å². The van der Waals surface area contributed by atoms with Gasteiger partial charge in [0.05, 0.1) is 0 Å². The Morgan fingerprint density at radius 3 is 2.05 bits per heavy atom. The Kier molecular flexibility index (Phi) is 7.18. The zero-order valence-corrected chi connectivity index (χ0v) is 13.2. The molecule has 1 rings (SSSR count). The van der Waals surface area contributed by atoms with Crippen LogP contribution in [0.1, 0.15) is 49.2 Å². The number of aromatic hydroxyl groups is 1. The van der Waals surface area contributed by atoms with Crippen molar-refractivity contribution in [1.82, 2.24) is 0 Å². The first-order valence-electron chi connectivity index (χ1n) is 6.39. The van der Waals surface area contributed by atoms with E-state index in [1.54, 1.807) is 6.07 Å². The van der Waals surface area contributed by atoms with Gasteiger partial charge < -0.3 is 10.2 Å². The average Bonchev–Trinajstić information content (AvgIpc) is 2.20. The molecule has 3 nitrogen and oxygen atoms in total. The van der Waals surface area contributed by atoms with Gasteiger partial charge in [0, 0.05) is 17.4 Å². The van der Waals surface area contributed by atoms with Crippen molar-refractivity contribution in [2.24, 2.45) is 11.8 Å². The molecule has 0 unspecified atom stereocenters. The fourth-order valence-corrected chi connectivity index (χ4v) is 2.11. The largest absolute Gasteiger partial charge is 0.507 e. The third-order valence-electron chi connectivity index (χ3n) is 2.75. The molecule has 0 amide bonds. The molecule has 0 saturated heterocycles. The van der Waals surface area contributed by atoms with Crippen LogP contribution in [-0.4, -0.2) is 16.2 Å². The minimum Gasteiger partial charge on any atom is -0.507 e. The van der Waals surface area contributed by atoms with Gasteiger partial charge in [-0.2, -0.15) is 0 Å². The molecule has 1 aromatic carbocycles. The number of carboxylic acid groups (broad SMARTS) is 1. The molecule has 0 atom stereocenters. The van der Waals surface area contributed by atoms with Crippen LogP contribution in [0.25, 0.3) is 0 Å². The molecule has 2 N–H and O–H groups in total. The van der Waals surface area contributed by atoms with Crippen molar-refractivity contribution < 1.29 is 32.4 Å². The Hall–Kier alpha value is -0.978. The van der Waals surface area contributed by atoms with E-state index in [1.807, 2.05) is 6.07 Å². The maximum atomic E-state index is 11.1. The molecule has 0 aliphatic carbocycles. The molecule has 0 saturated carbocycles. The van der Waals surface area contributed by atoms with E-state index in [4.69, 9.17) is 5.11 Å². The van der Waals surface area contributed by atoms with E-state index in [0.717, 1.165) is 17.5 Å². The number of phenols is 1. The van der Waals surface area contributed by atoms with Gasteiger partial charge in [-0.1, -0.05) is 33.8 Å². The molecule has 0 heterocycles. The Balaban J connectivity index is 0.00000324. The monoisotopic (exact) mass is 302 g/mol. The van der Waals surface area contributed by atoms with Gasteiger partial charge in [0.2, 0.25) is 0 Å². The Bertz CT molecular complexity index is 439. The maximum Gasteiger partial charge on any atom is 0.339 e. The second-order valence-electron chi connectivity index (χ2n) is 5.65. The summed E-state index contributed by atoms with van der Waals surface area (Å²) < 4.78 is 0. The molecule has 0 aliphatic heterocycles. The topological polar surface area (TPSA) is 57.5 Å². The van der Waals surface area contributed by atoms with Crippen LogP contribution in [0.3, 0.4) is 0 Å². The summed E-state index contributed by atoms with van der Waals surface area (Å²) in [6.07, 6.45) is 1.52. The molecule has 0 fully saturated rings. The zero-order chi connectivity index (χ0) is 13.9. The first-order valence-corrected chi connectivity index (χ1v) is 6.39. The van der Waals surface area contributed by atoms with Gasteiger partial charge >= 0.3 is 5.97 Å². The molecule has 4 heteroatoms. The summed E-state index contributed by atoms with van der Waals surface area (Å²) in [4.78, 5) is 11.1. The molecule has 0 spiro atoms. The van der Waals surface area contributed by atoms with Crippen LogP contribution in [-0.2, 0) is 30.2 Å². The van der Waals surface area contributed by atoms with E-state index in [9.17, 15) is 9.90 Å². The fraction of sp³-hybridized carbons (Fsp3) is 0.533. The summed E-state index contributed by atoms with van der Waals surface area (Å²) in [7, 11) is 0. The van der Waals surface area contributed by atoms with Crippen LogP contribution in [0, 0.1) is 11.8 Å². The van der Waals surface area contributed by atoms with E-state index < -0.39 is 5.97 Å². The average molecular weight is 302 g/mol. The summed E-state index contributed by atoms with van der Waals surface area (Å²) in [5.74, 6) is -0.304. The molecule has 106 valence electrons. The third kappa shape index (κ3) is 5.26. The van der Waals surface area contributed by atoms with E-state index in [0.29, 0.717) is 18.3 Å². The molecule has 1 aromatic rings. The van der Waals surface area contributed by atoms with E-state index in [1.165, 1.54) is 0 Å². The molecular formula is C15H22CrO3. The van der Waals surface area contributed by atoms with Gasteiger partial charge in [-0.05, 0) is 41.9 Å². The zero-order valence-electron chi connectivity index (χ0n) is 11.9. The van der Waals surface area contributed by atoms with Gasteiger partial charge in [0.25, 0.3) is 0 Å². The molecule has 0 aromatic heterocycles. The number of carboxylic acids is 1. The predicted molar refractivity (Wildman–Crippen MR) is 72.2 cm³/mol. The molecule has 0 aliphatic rings. The van der Waals surface area contributed by atoms with Crippen LogP contribution in [0.2, 0.25) is 0 Å². The SMILES string of the molecule is CC(C)Cc1cc(CC(C)C)c(O)c(C(=O)O)c1.[Cr].